The Morgan fingerprint density at radius 2 is 1.59 bits per heavy atom. The summed E-state index contributed by atoms with van der Waals surface area (Å²) >= 11 is 0. The number of Topliss-reactive ketones (excluding diaryl/α,β-unsaturated/α-hetero) is 1. The number of hydrogen-bond acceptors (Lipinski definition) is 4. The Labute approximate surface area is 134 Å². The van der Waals surface area contributed by atoms with Crippen molar-refractivity contribution in [3.63, 3.8) is 0 Å². The lowest BCUT2D eigenvalue weighted by atomic mass is 10.1. The second-order valence-corrected chi connectivity index (χ2v) is 11.6. The van der Waals surface area contributed by atoms with Crippen molar-refractivity contribution >= 4 is 20.1 Å². The van der Waals surface area contributed by atoms with Crippen LogP contribution in [0.3, 0.4) is 0 Å². The fraction of sp³-hybridized carbons (Fsp3) is 0.529. The van der Waals surface area contributed by atoms with E-state index >= 15 is 0 Å². The minimum Gasteiger partial charge on any atom is -0.544 e. The molecule has 1 aromatic rings. The topological polar surface area (TPSA) is 52.6 Å². The van der Waals surface area contributed by atoms with Gasteiger partial charge in [-0.3, -0.25) is 9.59 Å². The molecule has 0 unspecified atom stereocenters. The molecule has 4 nitrogen and oxygen atoms in total. The number of esters is 1. The SMILES string of the molecule is COC(=O)CCC(=O)c1ccc(O[Si](C)(C)C(C)(C)C)cc1. The predicted molar refractivity (Wildman–Crippen MR) is 89.8 cm³/mol. The summed E-state index contributed by atoms with van der Waals surface area (Å²) in [6.45, 7) is 10.9. The van der Waals surface area contributed by atoms with Crippen molar-refractivity contribution in [3.05, 3.63) is 29.8 Å². The van der Waals surface area contributed by atoms with E-state index in [0.717, 1.165) is 5.75 Å². The first-order chi connectivity index (χ1) is 10.1. The molecule has 0 saturated carbocycles. The average molecular weight is 322 g/mol. The molecule has 0 radical (unpaired) electrons. The summed E-state index contributed by atoms with van der Waals surface area (Å²) in [6, 6.07) is 7.15. The summed E-state index contributed by atoms with van der Waals surface area (Å²) in [7, 11) is -0.552. The Hall–Kier alpha value is -1.62. The van der Waals surface area contributed by atoms with Gasteiger partial charge in [-0.1, -0.05) is 20.8 Å². The van der Waals surface area contributed by atoms with Crippen molar-refractivity contribution in [3.8, 4) is 5.75 Å². The molecule has 0 amide bonds. The minimum atomic E-state index is -1.87. The Bertz CT molecular complexity index is 527. The first-order valence-electron chi connectivity index (χ1n) is 7.46. The van der Waals surface area contributed by atoms with Crippen LogP contribution in [-0.2, 0) is 9.53 Å². The quantitative estimate of drug-likeness (QED) is 0.447. The van der Waals surface area contributed by atoms with Gasteiger partial charge in [-0.15, -0.1) is 0 Å². The maximum absolute atomic E-state index is 12.0. The summed E-state index contributed by atoms with van der Waals surface area (Å²) in [5, 5.41) is 0.127. The van der Waals surface area contributed by atoms with Crippen LogP contribution >= 0.6 is 0 Å². The fourth-order valence-corrected chi connectivity index (χ4v) is 2.65. The molecule has 0 aliphatic heterocycles. The monoisotopic (exact) mass is 322 g/mol. The predicted octanol–water partition coefficient (Wildman–Crippen LogP) is 4.21. The number of hydrogen-bond donors (Lipinski definition) is 0. The normalized spacial score (nSPS) is 11.9. The molecule has 0 N–H and O–H groups in total. The second kappa shape index (κ2) is 7.09. The summed E-state index contributed by atoms with van der Waals surface area (Å²) in [5.74, 6) is 0.353. The van der Waals surface area contributed by atoms with Gasteiger partial charge in [0.2, 0.25) is 8.32 Å². The minimum absolute atomic E-state index is 0.0655. The van der Waals surface area contributed by atoms with E-state index in [1.807, 2.05) is 12.1 Å². The summed E-state index contributed by atoms with van der Waals surface area (Å²) in [6.07, 6.45) is 0.271. The van der Waals surface area contributed by atoms with Crippen molar-refractivity contribution in [2.24, 2.45) is 0 Å². The lowest BCUT2D eigenvalue weighted by Gasteiger charge is -2.36. The summed E-state index contributed by atoms with van der Waals surface area (Å²) < 4.78 is 10.7. The van der Waals surface area contributed by atoms with Crippen LogP contribution in [0.25, 0.3) is 0 Å². The van der Waals surface area contributed by atoms with E-state index in [-0.39, 0.29) is 29.6 Å². The number of ether oxygens (including phenoxy) is 1. The number of ketones is 1. The summed E-state index contributed by atoms with van der Waals surface area (Å²) in [5.41, 5.74) is 0.589. The number of benzene rings is 1. The van der Waals surface area contributed by atoms with E-state index in [4.69, 9.17) is 4.43 Å². The van der Waals surface area contributed by atoms with Gasteiger partial charge in [0.05, 0.1) is 13.5 Å². The zero-order chi connectivity index (χ0) is 17.0. The highest BCUT2D eigenvalue weighted by Gasteiger charge is 2.38. The molecular weight excluding hydrogens is 296 g/mol. The van der Waals surface area contributed by atoms with Crippen LogP contribution in [0.5, 0.6) is 5.75 Å². The van der Waals surface area contributed by atoms with Gasteiger partial charge in [0.1, 0.15) is 5.75 Å². The van der Waals surface area contributed by atoms with E-state index in [9.17, 15) is 9.59 Å². The van der Waals surface area contributed by atoms with Crippen LogP contribution in [0.4, 0.5) is 0 Å². The van der Waals surface area contributed by atoms with Crippen LogP contribution in [0, 0.1) is 0 Å². The van der Waals surface area contributed by atoms with Crippen molar-refractivity contribution in [1.29, 1.82) is 0 Å². The van der Waals surface area contributed by atoms with E-state index in [1.54, 1.807) is 12.1 Å². The third-order valence-electron chi connectivity index (χ3n) is 4.14. The lowest BCUT2D eigenvalue weighted by molar-refractivity contribution is -0.140. The van der Waals surface area contributed by atoms with Crippen LogP contribution in [-0.4, -0.2) is 27.2 Å². The molecule has 0 atom stereocenters. The molecule has 122 valence electrons. The molecule has 0 fully saturated rings. The molecule has 22 heavy (non-hydrogen) atoms. The number of carbonyl (C=O) groups excluding carboxylic acids is 2. The summed E-state index contributed by atoms with van der Waals surface area (Å²) in [4.78, 5) is 23.0. The lowest BCUT2D eigenvalue weighted by Crippen LogP contribution is -2.43. The van der Waals surface area contributed by atoms with Gasteiger partial charge in [-0.2, -0.15) is 0 Å². The van der Waals surface area contributed by atoms with Gasteiger partial charge in [-0.25, -0.2) is 0 Å². The van der Waals surface area contributed by atoms with Crippen LogP contribution in [0.1, 0.15) is 44.0 Å². The van der Waals surface area contributed by atoms with Crippen molar-refractivity contribution in [2.75, 3.05) is 7.11 Å². The maximum atomic E-state index is 12.0. The van der Waals surface area contributed by atoms with Gasteiger partial charge >= 0.3 is 5.97 Å². The maximum Gasteiger partial charge on any atom is 0.305 e. The van der Waals surface area contributed by atoms with E-state index in [0.29, 0.717) is 5.56 Å². The van der Waals surface area contributed by atoms with Gasteiger partial charge in [0.15, 0.2) is 5.78 Å². The average Bonchev–Trinajstić information content (AvgIpc) is 2.43. The van der Waals surface area contributed by atoms with Gasteiger partial charge in [-0.05, 0) is 42.4 Å². The highest BCUT2D eigenvalue weighted by atomic mass is 28.4. The molecule has 0 saturated heterocycles. The molecule has 0 aromatic heterocycles. The fourth-order valence-electron chi connectivity index (χ4n) is 1.62. The van der Waals surface area contributed by atoms with Crippen molar-refractivity contribution in [1.82, 2.24) is 0 Å². The van der Waals surface area contributed by atoms with Crippen molar-refractivity contribution in [2.45, 2.75) is 51.7 Å². The Balaban J connectivity index is 2.71. The van der Waals surface area contributed by atoms with Gasteiger partial charge in [0, 0.05) is 12.0 Å². The van der Waals surface area contributed by atoms with Crippen LogP contribution in [0.2, 0.25) is 18.1 Å². The van der Waals surface area contributed by atoms with E-state index < -0.39 is 8.32 Å². The zero-order valence-electron chi connectivity index (χ0n) is 14.4. The zero-order valence-corrected chi connectivity index (χ0v) is 15.4. The van der Waals surface area contributed by atoms with Crippen LogP contribution in [0.15, 0.2) is 24.3 Å². The number of rotatable bonds is 6. The van der Waals surface area contributed by atoms with Gasteiger partial charge < -0.3 is 9.16 Å². The Morgan fingerprint density at radius 1 is 1.05 bits per heavy atom. The molecule has 0 aliphatic rings. The molecule has 0 heterocycles. The standard InChI is InChI=1S/C17H26O4Si/c1-17(2,3)22(5,6)21-14-9-7-13(8-10-14)15(18)11-12-16(19)20-4/h7-10H,11-12H2,1-6H3. The van der Waals surface area contributed by atoms with Gasteiger partial charge in [0.25, 0.3) is 0 Å². The van der Waals surface area contributed by atoms with E-state index in [2.05, 4.69) is 38.6 Å². The smallest absolute Gasteiger partial charge is 0.305 e. The molecule has 5 heteroatoms. The molecular formula is C17H26O4Si. The molecule has 0 bridgehead atoms. The first-order valence-corrected chi connectivity index (χ1v) is 10.4. The largest absolute Gasteiger partial charge is 0.544 e. The molecule has 0 spiro atoms. The molecule has 1 aromatic carbocycles. The van der Waals surface area contributed by atoms with Crippen LogP contribution < -0.4 is 4.43 Å². The Kier molecular flexibility index (Phi) is 5.94. The Morgan fingerprint density at radius 3 is 2.05 bits per heavy atom. The first kappa shape index (κ1) is 18.4. The third-order valence-corrected chi connectivity index (χ3v) is 8.50. The number of carbonyl (C=O) groups is 2. The number of methoxy groups -OCH3 is 1. The molecule has 1 rings (SSSR count). The van der Waals surface area contributed by atoms with Crippen molar-refractivity contribution < 1.29 is 18.8 Å². The second-order valence-electron chi connectivity index (χ2n) is 6.89. The highest BCUT2D eigenvalue weighted by Crippen LogP contribution is 2.37. The highest BCUT2D eigenvalue weighted by molar-refractivity contribution is 6.74. The third kappa shape index (κ3) is 4.98. The van der Waals surface area contributed by atoms with E-state index in [1.165, 1.54) is 7.11 Å². The molecule has 0 aliphatic carbocycles.